The summed E-state index contributed by atoms with van der Waals surface area (Å²) in [6.07, 6.45) is 4.68. The van der Waals surface area contributed by atoms with Crippen molar-refractivity contribution in [2.75, 3.05) is 0 Å². The molecule has 156 valence electrons. The molecule has 0 bridgehead atoms. The molecule has 4 heteroatoms. The monoisotopic (exact) mass is 402 g/mol. The van der Waals surface area contributed by atoms with Gasteiger partial charge in [-0.3, -0.25) is 0 Å². The lowest BCUT2D eigenvalue weighted by molar-refractivity contribution is -0.694. The van der Waals surface area contributed by atoms with E-state index in [0.29, 0.717) is 12.2 Å². The minimum absolute atomic E-state index is 0.300. The molecule has 1 aliphatic rings. The van der Waals surface area contributed by atoms with Gasteiger partial charge in [-0.2, -0.15) is 0 Å². The topological polar surface area (TPSA) is 41.9 Å². The van der Waals surface area contributed by atoms with E-state index in [1.807, 2.05) is 10.8 Å². The van der Waals surface area contributed by atoms with Crippen LogP contribution in [0.15, 0.2) is 30.3 Å². The van der Waals surface area contributed by atoms with Crippen LogP contribution in [0.3, 0.4) is 0 Å². The van der Waals surface area contributed by atoms with E-state index < -0.39 is 0 Å². The van der Waals surface area contributed by atoms with Crippen molar-refractivity contribution >= 4 is 5.76 Å². The van der Waals surface area contributed by atoms with Gasteiger partial charge in [0, 0.05) is 11.5 Å². The summed E-state index contributed by atoms with van der Waals surface area (Å²) < 4.78 is 4.14. The average molecular weight is 403 g/mol. The molecule has 0 saturated carbocycles. The van der Waals surface area contributed by atoms with E-state index in [4.69, 9.17) is 5.10 Å². The maximum atomic E-state index is 11.2. The van der Waals surface area contributed by atoms with E-state index >= 15 is 0 Å². The van der Waals surface area contributed by atoms with Gasteiger partial charge in [0.1, 0.15) is 5.69 Å². The number of aromatic nitrogens is 3. The van der Waals surface area contributed by atoms with E-state index in [9.17, 15) is 5.11 Å². The van der Waals surface area contributed by atoms with Gasteiger partial charge in [0.25, 0.3) is 5.82 Å². The number of aryl methyl sites for hydroxylation is 7. The molecule has 0 fully saturated rings. The van der Waals surface area contributed by atoms with Crippen molar-refractivity contribution in [2.24, 2.45) is 0 Å². The van der Waals surface area contributed by atoms with Crippen LogP contribution >= 0.6 is 0 Å². The van der Waals surface area contributed by atoms with Crippen LogP contribution in [0.5, 0.6) is 0 Å². The molecule has 0 spiro atoms. The molecule has 2 heterocycles. The zero-order valence-corrected chi connectivity index (χ0v) is 19.0. The molecule has 4 rings (SSSR count). The molecule has 0 unspecified atom stereocenters. The van der Waals surface area contributed by atoms with Gasteiger partial charge in [-0.1, -0.05) is 40.1 Å². The molecule has 0 amide bonds. The second kappa shape index (κ2) is 7.75. The summed E-state index contributed by atoms with van der Waals surface area (Å²) in [5.41, 5.74) is 9.76. The smallest absolute Gasteiger partial charge is 0.308 e. The van der Waals surface area contributed by atoms with Gasteiger partial charge in [-0.25, -0.2) is 4.57 Å². The second-order valence-electron chi connectivity index (χ2n) is 8.82. The fourth-order valence-electron chi connectivity index (χ4n) is 5.00. The van der Waals surface area contributed by atoms with Crippen molar-refractivity contribution in [3.8, 4) is 5.69 Å². The van der Waals surface area contributed by atoms with Gasteiger partial charge in [-0.05, 0) is 88.3 Å². The highest BCUT2D eigenvalue weighted by Gasteiger charge is 2.34. The molecule has 1 N–H and O–H groups in total. The molecular formula is C26H32N3O+. The third kappa shape index (κ3) is 3.55. The van der Waals surface area contributed by atoms with Crippen LogP contribution in [0.1, 0.15) is 57.0 Å². The number of hydrogen-bond acceptors (Lipinski definition) is 2. The highest BCUT2D eigenvalue weighted by molar-refractivity contribution is 5.57. The lowest BCUT2D eigenvalue weighted by Crippen LogP contribution is -2.36. The Labute approximate surface area is 179 Å². The van der Waals surface area contributed by atoms with Crippen LogP contribution in [0.2, 0.25) is 0 Å². The average Bonchev–Trinajstić information content (AvgIpc) is 3.20. The van der Waals surface area contributed by atoms with Crippen LogP contribution in [-0.2, 0) is 19.4 Å². The van der Waals surface area contributed by atoms with Crippen molar-refractivity contribution in [3.63, 3.8) is 0 Å². The van der Waals surface area contributed by atoms with Crippen molar-refractivity contribution in [1.29, 1.82) is 0 Å². The molecular weight excluding hydrogens is 370 g/mol. The normalized spacial score (nSPS) is 13.7. The molecule has 0 atom stereocenters. The van der Waals surface area contributed by atoms with E-state index in [2.05, 4.69) is 70.4 Å². The summed E-state index contributed by atoms with van der Waals surface area (Å²) in [6.45, 7) is 13.7. The molecule has 0 aliphatic carbocycles. The first-order valence-electron chi connectivity index (χ1n) is 10.8. The number of rotatable bonds is 4. The van der Waals surface area contributed by atoms with E-state index in [1.165, 1.54) is 38.9 Å². The predicted molar refractivity (Wildman–Crippen MR) is 121 cm³/mol. The predicted octanol–water partition coefficient (Wildman–Crippen LogP) is 5.10. The molecule has 2 aromatic carbocycles. The first-order valence-corrected chi connectivity index (χ1v) is 10.8. The summed E-state index contributed by atoms with van der Waals surface area (Å²) in [5, 5.41) is 16.1. The first kappa shape index (κ1) is 20.4. The second-order valence-corrected chi connectivity index (χ2v) is 8.82. The maximum absolute atomic E-state index is 11.2. The Morgan fingerprint density at radius 1 is 0.967 bits per heavy atom. The third-order valence-electron chi connectivity index (χ3n) is 6.18. The molecule has 0 radical (unpaired) electrons. The molecule has 1 aliphatic heterocycles. The number of aliphatic hydroxyl groups excluding tert-OH is 1. The fraction of sp³-hybridized carbons (Fsp3) is 0.385. The van der Waals surface area contributed by atoms with E-state index in [-0.39, 0.29) is 0 Å². The summed E-state index contributed by atoms with van der Waals surface area (Å²) in [5.74, 6) is 2.14. The number of aliphatic hydroxyl groups is 1. The minimum Gasteiger partial charge on any atom is -0.502 e. The van der Waals surface area contributed by atoms with Crippen LogP contribution in [0.4, 0.5) is 0 Å². The van der Waals surface area contributed by atoms with Crippen molar-refractivity contribution in [3.05, 3.63) is 80.9 Å². The highest BCUT2D eigenvalue weighted by atomic mass is 16.3. The zero-order valence-electron chi connectivity index (χ0n) is 19.0. The highest BCUT2D eigenvalue weighted by Crippen LogP contribution is 2.25. The Morgan fingerprint density at radius 3 is 2.13 bits per heavy atom. The van der Waals surface area contributed by atoms with E-state index in [1.54, 1.807) is 0 Å². The maximum Gasteiger partial charge on any atom is 0.308 e. The first-order chi connectivity index (χ1) is 14.3. The van der Waals surface area contributed by atoms with Gasteiger partial charge in [0.15, 0.2) is 5.76 Å². The Bertz CT molecular complexity index is 1120. The number of nitrogens with zero attached hydrogens (tertiary/aromatic N) is 3. The Morgan fingerprint density at radius 2 is 1.53 bits per heavy atom. The standard InChI is InChI=1S/C26H31N3O/c1-16-12-18(3)22(19(4)13-16)9-10-23(30)26-28-11-7-8-24(28)27-29(26)25-20(5)14-17(2)15-21(25)6/h10,12-15H,7-9,11H2,1-6H3/p+1/b23-10-. The zero-order chi connectivity index (χ0) is 21.6. The van der Waals surface area contributed by atoms with E-state index in [0.717, 1.165) is 36.7 Å². The largest absolute Gasteiger partial charge is 0.502 e. The van der Waals surface area contributed by atoms with Gasteiger partial charge in [0.2, 0.25) is 0 Å². The number of hydrogen-bond donors (Lipinski definition) is 1. The number of fused-ring (bicyclic) bond motifs is 1. The molecule has 0 saturated heterocycles. The summed E-state index contributed by atoms with van der Waals surface area (Å²) in [6, 6.07) is 8.79. The van der Waals surface area contributed by atoms with Crippen LogP contribution in [0, 0.1) is 41.5 Å². The molecule has 4 nitrogen and oxygen atoms in total. The van der Waals surface area contributed by atoms with Gasteiger partial charge in [-0.15, -0.1) is 0 Å². The third-order valence-corrected chi connectivity index (χ3v) is 6.18. The van der Waals surface area contributed by atoms with Crippen LogP contribution < -0.4 is 4.57 Å². The lowest BCUT2D eigenvalue weighted by atomic mass is 9.97. The van der Waals surface area contributed by atoms with Crippen LogP contribution in [0.25, 0.3) is 11.4 Å². The molecule has 3 aromatic rings. The summed E-state index contributed by atoms with van der Waals surface area (Å²) in [7, 11) is 0. The van der Waals surface area contributed by atoms with Crippen molar-refractivity contribution in [1.82, 2.24) is 9.78 Å². The fourth-order valence-corrected chi connectivity index (χ4v) is 5.00. The Kier molecular flexibility index (Phi) is 5.27. The lowest BCUT2D eigenvalue weighted by Gasteiger charge is -2.10. The Balaban J connectivity index is 1.81. The van der Waals surface area contributed by atoms with Gasteiger partial charge >= 0.3 is 5.82 Å². The van der Waals surface area contributed by atoms with Gasteiger partial charge in [0.05, 0.1) is 6.54 Å². The molecule has 30 heavy (non-hydrogen) atoms. The van der Waals surface area contributed by atoms with Crippen molar-refractivity contribution < 1.29 is 9.67 Å². The summed E-state index contributed by atoms with van der Waals surface area (Å²) >= 11 is 0. The minimum atomic E-state index is 0.300. The quantitative estimate of drug-likeness (QED) is 0.487. The van der Waals surface area contributed by atoms with Gasteiger partial charge < -0.3 is 5.11 Å². The van der Waals surface area contributed by atoms with Crippen LogP contribution in [-0.4, -0.2) is 14.9 Å². The van der Waals surface area contributed by atoms with Crippen molar-refractivity contribution in [2.45, 2.75) is 67.3 Å². The molecule has 1 aromatic heterocycles. The summed E-state index contributed by atoms with van der Waals surface area (Å²) in [4.78, 5) is 0. The Hall–Kier alpha value is -2.88. The number of allylic oxidation sites excluding steroid dienone is 1. The number of benzene rings is 2. The SMILES string of the molecule is Cc1cc(C)c(C/C=C(\O)c2n(-c3c(C)cc(C)cc3C)nc3[n+]2CCC3)c(C)c1.